The number of hydrogen-bond acceptors (Lipinski definition) is 9. The van der Waals surface area contributed by atoms with E-state index in [4.69, 9.17) is 18.6 Å². The molecule has 0 saturated carbocycles. The zero-order valence-corrected chi connectivity index (χ0v) is 22.6. The van der Waals surface area contributed by atoms with Gasteiger partial charge in [0, 0.05) is 48.4 Å². The largest absolute Gasteiger partial charge is 0.497 e. The Bertz CT molecular complexity index is 1480. The highest BCUT2D eigenvalue weighted by Crippen LogP contribution is 2.35. The molecule has 0 aliphatic carbocycles. The van der Waals surface area contributed by atoms with Crippen LogP contribution in [0.5, 0.6) is 11.5 Å². The van der Waals surface area contributed by atoms with E-state index in [2.05, 4.69) is 10.1 Å². The monoisotopic (exact) mass is 525 g/mol. The van der Waals surface area contributed by atoms with Crippen molar-refractivity contribution < 1.29 is 22.1 Å². The summed E-state index contributed by atoms with van der Waals surface area (Å²) in [4.78, 5) is 11.4. The van der Waals surface area contributed by atoms with Gasteiger partial charge >= 0.3 is 0 Å². The molecule has 0 amide bonds. The van der Waals surface area contributed by atoms with Gasteiger partial charge in [0.1, 0.15) is 11.5 Å². The molecule has 4 aromatic rings. The van der Waals surface area contributed by atoms with Gasteiger partial charge in [-0.1, -0.05) is 13.8 Å². The standard InChI is InChI=1S/C26H31N5O5S/c1-17(2)26(36-37(6,32)33)16-31(20-9-21(34-4)12-22(10-20)35-5)19-7-8-23-24(11-19)29-25(14-27-23)18-13-28-30(3)15-18/h7-15,17,26H,16H2,1-6H3. The van der Waals surface area contributed by atoms with Crippen molar-refractivity contribution in [1.29, 1.82) is 0 Å². The van der Waals surface area contributed by atoms with Gasteiger partial charge < -0.3 is 14.4 Å². The summed E-state index contributed by atoms with van der Waals surface area (Å²) in [5.74, 6) is 1.12. The zero-order chi connectivity index (χ0) is 26.7. The SMILES string of the molecule is COc1cc(OC)cc(N(CC(OS(C)(=O)=O)C(C)C)c2ccc3ncc(-c4cnn(C)c4)nc3c2)c1. The van der Waals surface area contributed by atoms with E-state index in [-0.39, 0.29) is 12.5 Å². The van der Waals surface area contributed by atoms with Crippen molar-refractivity contribution in [2.45, 2.75) is 20.0 Å². The fraction of sp³-hybridized carbons (Fsp3) is 0.346. The minimum Gasteiger partial charge on any atom is -0.497 e. The van der Waals surface area contributed by atoms with Gasteiger partial charge in [-0.25, -0.2) is 4.98 Å². The van der Waals surface area contributed by atoms with Crippen molar-refractivity contribution >= 4 is 32.5 Å². The third-order valence-electron chi connectivity index (χ3n) is 5.89. The second-order valence-electron chi connectivity index (χ2n) is 9.10. The van der Waals surface area contributed by atoms with Crippen LogP contribution in [0.1, 0.15) is 13.8 Å². The Morgan fingerprint density at radius 2 is 1.68 bits per heavy atom. The first-order valence-electron chi connectivity index (χ1n) is 11.7. The molecule has 196 valence electrons. The first kappa shape index (κ1) is 26.4. The fourth-order valence-electron chi connectivity index (χ4n) is 3.93. The number of nitrogens with zero attached hydrogens (tertiary/aromatic N) is 5. The molecule has 0 aliphatic rings. The molecule has 11 heteroatoms. The van der Waals surface area contributed by atoms with Crippen LogP contribution < -0.4 is 14.4 Å². The number of aromatic nitrogens is 4. The Balaban J connectivity index is 1.84. The molecule has 10 nitrogen and oxygen atoms in total. The minimum absolute atomic E-state index is 0.0813. The summed E-state index contributed by atoms with van der Waals surface area (Å²) in [5.41, 5.74) is 4.50. The van der Waals surface area contributed by atoms with Crippen LogP contribution in [0.3, 0.4) is 0 Å². The second-order valence-corrected chi connectivity index (χ2v) is 10.7. The predicted octanol–water partition coefficient (Wildman–Crippen LogP) is 4.19. The van der Waals surface area contributed by atoms with Gasteiger partial charge in [-0.3, -0.25) is 13.8 Å². The molecule has 1 unspecified atom stereocenters. The quantitative estimate of drug-likeness (QED) is 0.282. The number of methoxy groups -OCH3 is 2. The molecule has 1 atom stereocenters. The fourth-order valence-corrected chi connectivity index (χ4v) is 4.66. The average molecular weight is 526 g/mol. The van der Waals surface area contributed by atoms with E-state index in [9.17, 15) is 8.42 Å². The lowest BCUT2D eigenvalue weighted by atomic mass is 10.1. The Kier molecular flexibility index (Phi) is 7.65. The molecular weight excluding hydrogens is 494 g/mol. The maximum atomic E-state index is 12.0. The zero-order valence-electron chi connectivity index (χ0n) is 21.7. The van der Waals surface area contributed by atoms with Gasteiger partial charge in [0.2, 0.25) is 0 Å². The Hall–Kier alpha value is -3.70. The van der Waals surface area contributed by atoms with E-state index in [0.29, 0.717) is 22.7 Å². The normalized spacial score (nSPS) is 12.6. The number of anilines is 2. The molecule has 0 N–H and O–H groups in total. The summed E-state index contributed by atoms with van der Waals surface area (Å²) >= 11 is 0. The van der Waals surface area contributed by atoms with Crippen molar-refractivity contribution in [3.63, 3.8) is 0 Å². The highest BCUT2D eigenvalue weighted by molar-refractivity contribution is 7.86. The summed E-state index contributed by atoms with van der Waals surface area (Å²) in [6, 6.07) is 11.2. The van der Waals surface area contributed by atoms with Crippen LogP contribution in [0.25, 0.3) is 22.3 Å². The average Bonchev–Trinajstić information content (AvgIpc) is 3.30. The molecule has 0 fully saturated rings. The molecule has 0 saturated heterocycles. The molecule has 0 bridgehead atoms. The second kappa shape index (κ2) is 10.7. The molecule has 2 heterocycles. The van der Waals surface area contributed by atoms with E-state index >= 15 is 0 Å². The summed E-state index contributed by atoms with van der Waals surface area (Å²) in [6.45, 7) is 4.10. The molecule has 2 aromatic heterocycles. The van der Waals surface area contributed by atoms with Gasteiger partial charge in [-0.15, -0.1) is 0 Å². The third-order valence-corrected chi connectivity index (χ3v) is 6.49. The molecule has 0 spiro atoms. The van der Waals surface area contributed by atoms with E-state index in [1.54, 1.807) is 37.4 Å². The number of benzene rings is 2. The molecule has 0 aliphatic heterocycles. The number of aryl methyl sites for hydroxylation is 1. The summed E-state index contributed by atoms with van der Waals surface area (Å²) in [6.07, 6.45) is 5.79. The van der Waals surface area contributed by atoms with Crippen LogP contribution in [0.2, 0.25) is 0 Å². The van der Waals surface area contributed by atoms with Gasteiger partial charge in [0.05, 0.1) is 62.2 Å². The molecule has 37 heavy (non-hydrogen) atoms. The third kappa shape index (κ3) is 6.36. The van der Waals surface area contributed by atoms with Gasteiger partial charge in [0.15, 0.2) is 0 Å². The van der Waals surface area contributed by atoms with Crippen LogP contribution >= 0.6 is 0 Å². The lowest BCUT2D eigenvalue weighted by Crippen LogP contribution is -2.35. The lowest BCUT2D eigenvalue weighted by molar-refractivity contribution is 0.168. The van der Waals surface area contributed by atoms with Gasteiger partial charge in [-0.2, -0.15) is 13.5 Å². The highest BCUT2D eigenvalue weighted by atomic mass is 32.2. The van der Waals surface area contributed by atoms with E-state index in [0.717, 1.165) is 28.7 Å². The van der Waals surface area contributed by atoms with Crippen LogP contribution in [0, 0.1) is 5.92 Å². The maximum Gasteiger partial charge on any atom is 0.264 e. The summed E-state index contributed by atoms with van der Waals surface area (Å²) in [5, 5.41) is 4.22. The number of ether oxygens (including phenoxy) is 2. The van der Waals surface area contributed by atoms with Crippen molar-refractivity contribution in [2.24, 2.45) is 13.0 Å². The molecule has 4 rings (SSSR count). The Labute approximate surface area is 216 Å². The first-order chi connectivity index (χ1) is 17.6. The predicted molar refractivity (Wildman–Crippen MR) is 143 cm³/mol. The van der Waals surface area contributed by atoms with Crippen LogP contribution in [0.4, 0.5) is 11.4 Å². The maximum absolute atomic E-state index is 12.0. The van der Waals surface area contributed by atoms with E-state index in [1.807, 2.05) is 62.3 Å². The van der Waals surface area contributed by atoms with E-state index < -0.39 is 16.2 Å². The highest BCUT2D eigenvalue weighted by Gasteiger charge is 2.25. The molecular formula is C26H31N5O5S. The van der Waals surface area contributed by atoms with Crippen LogP contribution in [0.15, 0.2) is 55.0 Å². The van der Waals surface area contributed by atoms with Crippen LogP contribution in [-0.4, -0.2) is 61.3 Å². The Morgan fingerprint density at radius 1 is 0.973 bits per heavy atom. The molecule has 2 aromatic carbocycles. The number of rotatable bonds is 10. The minimum atomic E-state index is -3.68. The van der Waals surface area contributed by atoms with Crippen LogP contribution in [-0.2, 0) is 21.3 Å². The lowest BCUT2D eigenvalue weighted by Gasteiger charge is -2.31. The topological polar surface area (TPSA) is 109 Å². The number of hydrogen-bond donors (Lipinski definition) is 0. The van der Waals surface area contributed by atoms with Crippen molar-refractivity contribution in [2.75, 3.05) is 31.9 Å². The van der Waals surface area contributed by atoms with Crippen molar-refractivity contribution in [1.82, 2.24) is 19.7 Å². The molecule has 0 radical (unpaired) electrons. The van der Waals surface area contributed by atoms with E-state index in [1.165, 1.54) is 0 Å². The number of fused-ring (bicyclic) bond motifs is 1. The summed E-state index contributed by atoms with van der Waals surface area (Å²) < 4.78 is 42.3. The smallest absolute Gasteiger partial charge is 0.264 e. The van der Waals surface area contributed by atoms with Crippen molar-refractivity contribution in [3.8, 4) is 22.8 Å². The van der Waals surface area contributed by atoms with Crippen molar-refractivity contribution in [3.05, 3.63) is 55.0 Å². The summed E-state index contributed by atoms with van der Waals surface area (Å²) in [7, 11) is 1.33. The Morgan fingerprint density at radius 3 is 2.24 bits per heavy atom. The first-order valence-corrected chi connectivity index (χ1v) is 13.5. The van der Waals surface area contributed by atoms with Gasteiger partial charge in [-0.05, 0) is 24.1 Å². The van der Waals surface area contributed by atoms with Gasteiger partial charge in [0.25, 0.3) is 10.1 Å².